The van der Waals surface area contributed by atoms with Crippen LogP contribution in [0.4, 0.5) is 0 Å². The van der Waals surface area contributed by atoms with E-state index in [9.17, 15) is 9.59 Å². The molecule has 0 amide bonds. The number of hydrogen-bond donors (Lipinski definition) is 2. The van der Waals surface area contributed by atoms with Crippen LogP contribution in [0.25, 0.3) is 0 Å². The smallest absolute Gasteiger partial charge is 0.316 e. The number of carbonyl (C=O) groups excluding carboxylic acids is 1. The van der Waals surface area contributed by atoms with Gasteiger partial charge in [-0.25, -0.2) is 0 Å². The first-order valence-corrected chi connectivity index (χ1v) is 4.72. The molecule has 0 aliphatic rings. The maximum Gasteiger partial charge on any atom is 0.316 e. The average molecular weight is 202 g/mol. The van der Waals surface area contributed by atoms with E-state index in [0.717, 1.165) is 0 Å². The molecule has 0 heterocycles. The number of aliphatic hydroxyl groups excluding tert-OH is 1. The first kappa shape index (κ1) is 13.1. The van der Waals surface area contributed by atoms with E-state index >= 15 is 0 Å². The van der Waals surface area contributed by atoms with Crippen LogP contribution in [0.15, 0.2) is 0 Å². The number of carbonyl (C=O) groups is 2. The molecule has 14 heavy (non-hydrogen) atoms. The maximum atomic E-state index is 11.6. The summed E-state index contributed by atoms with van der Waals surface area (Å²) in [4.78, 5) is 22.4. The quantitative estimate of drug-likeness (QED) is 0.632. The Labute approximate surface area is 83.9 Å². The van der Waals surface area contributed by atoms with E-state index in [1.165, 1.54) is 13.8 Å². The highest BCUT2D eigenvalue weighted by molar-refractivity contribution is 6.03. The van der Waals surface area contributed by atoms with E-state index in [1.807, 2.05) is 0 Å². The molecule has 2 N–H and O–H groups in total. The minimum Gasteiger partial charge on any atom is -0.481 e. The van der Waals surface area contributed by atoms with Crippen molar-refractivity contribution in [2.45, 2.75) is 33.6 Å². The number of aliphatic carboxylic acids is 1. The third-order valence-corrected chi connectivity index (χ3v) is 2.39. The van der Waals surface area contributed by atoms with Crippen LogP contribution in [0.1, 0.15) is 33.6 Å². The number of carboxylic acid groups (broad SMARTS) is 1. The molecule has 0 saturated heterocycles. The zero-order chi connectivity index (χ0) is 11.4. The highest BCUT2D eigenvalue weighted by Crippen LogP contribution is 2.23. The first-order chi connectivity index (χ1) is 6.34. The Kier molecular flexibility index (Phi) is 4.77. The summed E-state index contributed by atoms with van der Waals surface area (Å²) in [5.41, 5.74) is -1.32. The van der Waals surface area contributed by atoms with Crippen LogP contribution < -0.4 is 0 Å². The van der Waals surface area contributed by atoms with Crippen LogP contribution in [0.5, 0.6) is 0 Å². The second-order valence-electron chi connectivity index (χ2n) is 4.06. The molecule has 0 aromatic carbocycles. The third kappa shape index (κ3) is 3.10. The first-order valence-electron chi connectivity index (χ1n) is 4.72. The molecule has 0 saturated carbocycles. The number of ketones is 1. The second kappa shape index (κ2) is 5.10. The van der Waals surface area contributed by atoms with Gasteiger partial charge in [0.15, 0.2) is 5.78 Å². The summed E-state index contributed by atoms with van der Waals surface area (Å²) in [6.45, 7) is 4.55. The van der Waals surface area contributed by atoms with Crippen molar-refractivity contribution in [3.05, 3.63) is 0 Å². The fourth-order valence-corrected chi connectivity index (χ4v) is 1.25. The second-order valence-corrected chi connectivity index (χ2v) is 4.06. The van der Waals surface area contributed by atoms with Crippen LogP contribution in [-0.4, -0.2) is 28.6 Å². The van der Waals surface area contributed by atoms with Crippen molar-refractivity contribution >= 4 is 11.8 Å². The van der Waals surface area contributed by atoms with E-state index in [-0.39, 0.29) is 18.3 Å². The average Bonchev–Trinajstić information content (AvgIpc) is 2.12. The summed E-state index contributed by atoms with van der Waals surface area (Å²) in [5, 5.41) is 17.4. The van der Waals surface area contributed by atoms with Crippen molar-refractivity contribution in [2.24, 2.45) is 11.3 Å². The number of Topliss-reactive ketones (excluding diaryl/α,β-unsaturated/α-hetero) is 1. The zero-order valence-electron chi connectivity index (χ0n) is 8.91. The molecular weight excluding hydrogens is 184 g/mol. The van der Waals surface area contributed by atoms with Gasteiger partial charge in [0.1, 0.15) is 5.41 Å². The summed E-state index contributed by atoms with van der Waals surface area (Å²) in [7, 11) is 0. The van der Waals surface area contributed by atoms with Crippen LogP contribution in [-0.2, 0) is 9.59 Å². The van der Waals surface area contributed by atoms with Gasteiger partial charge in [0.25, 0.3) is 0 Å². The van der Waals surface area contributed by atoms with Gasteiger partial charge < -0.3 is 10.2 Å². The Balaban J connectivity index is 4.38. The van der Waals surface area contributed by atoms with Crippen molar-refractivity contribution in [3.63, 3.8) is 0 Å². The van der Waals surface area contributed by atoms with Gasteiger partial charge in [-0.15, -0.1) is 0 Å². The van der Waals surface area contributed by atoms with E-state index < -0.39 is 11.4 Å². The molecule has 1 atom stereocenters. The lowest BCUT2D eigenvalue weighted by molar-refractivity contribution is -0.154. The molecule has 0 bridgehead atoms. The summed E-state index contributed by atoms with van der Waals surface area (Å²) in [5.74, 6) is -1.69. The lowest BCUT2D eigenvalue weighted by Crippen LogP contribution is -2.37. The molecule has 0 rings (SSSR count). The minimum atomic E-state index is -1.32. The number of rotatable bonds is 6. The van der Waals surface area contributed by atoms with E-state index in [0.29, 0.717) is 12.8 Å². The summed E-state index contributed by atoms with van der Waals surface area (Å²) in [6, 6.07) is 0. The van der Waals surface area contributed by atoms with Gasteiger partial charge in [-0.1, -0.05) is 6.92 Å². The molecule has 0 aliphatic carbocycles. The van der Waals surface area contributed by atoms with E-state index in [1.54, 1.807) is 6.92 Å². The van der Waals surface area contributed by atoms with Crippen molar-refractivity contribution in [2.75, 3.05) is 6.61 Å². The SMILES string of the molecule is CC(CCCO)C(=O)C(C)(C)C(=O)O. The van der Waals surface area contributed by atoms with E-state index in [2.05, 4.69) is 0 Å². The summed E-state index contributed by atoms with van der Waals surface area (Å²) >= 11 is 0. The van der Waals surface area contributed by atoms with Gasteiger partial charge in [0.05, 0.1) is 0 Å². The molecule has 0 aromatic heterocycles. The molecule has 0 aromatic rings. The van der Waals surface area contributed by atoms with Gasteiger partial charge in [-0.3, -0.25) is 9.59 Å². The number of hydrogen-bond acceptors (Lipinski definition) is 3. The molecule has 0 spiro atoms. The minimum absolute atomic E-state index is 0.0329. The standard InChI is InChI=1S/C10H18O4/c1-7(5-4-6-11)8(12)10(2,3)9(13)14/h7,11H,4-6H2,1-3H3,(H,13,14). The van der Waals surface area contributed by atoms with Crippen molar-refractivity contribution in [3.8, 4) is 0 Å². The predicted molar refractivity (Wildman–Crippen MR) is 51.9 cm³/mol. The lowest BCUT2D eigenvalue weighted by atomic mass is 9.80. The number of carboxylic acids is 1. The van der Waals surface area contributed by atoms with Gasteiger partial charge >= 0.3 is 5.97 Å². The molecule has 0 fully saturated rings. The predicted octanol–water partition coefficient (Wildman–Crippen LogP) is 1.07. The lowest BCUT2D eigenvalue weighted by Gasteiger charge is -2.21. The van der Waals surface area contributed by atoms with Crippen molar-refractivity contribution in [1.29, 1.82) is 0 Å². The number of aliphatic hydroxyl groups is 1. The van der Waals surface area contributed by atoms with Crippen LogP contribution >= 0.6 is 0 Å². The Bertz CT molecular complexity index is 220. The van der Waals surface area contributed by atoms with Gasteiger partial charge in [-0.05, 0) is 26.7 Å². The monoisotopic (exact) mass is 202 g/mol. The third-order valence-electron chi connectivity index (χ3n) is 2.39. The molecular formula is C10H18O4. The van der Waals surface area contributed by atoms with Crippen LogP contribution in [0.3, 0.4) is 0 Å². The summed E-state index contributed by atoms with van der Waals surface area (Å²) < 4.78 is 0. The normalized spacial score (nSPS) is 13.7. The van der Waals surface area contributed by atoms with E-state index in [4.69, 9.17) is 10.2 Å². The Morgan fingerprint density at radius 2 is 1.86 bits per heavy atom. The molecule has 4 nitrogen and oxygen atoms in total. The maximum absolute atomic E-state index is 11.6. The largest absolute Gasteiger partial charge is 0.481 e. The fourth-order valence-electron chi connectivity index (χ4n) is 1.25. The highest BCUT2D eigenvalue weighted by atomic mass is 16.4. The Morgan fingerprint density at radius 1 is 1.36 bits per heavy atom. The molecule has 4 heteroatoms. The topological polar surface area (TPSA) is 74.6 Å². The van der Waals surface area contributed by atoms with Crippen LogP contribution in [0, 0.1) is 11.3 Å². The molecule has 82 valence electrons. The molecule has 0 aliphatic heterocycles. The highest BCUT2D eigenvalue weighted by Gasteiger charge is 2.37. The van der Waals surface area contributed by atoms with Crippen LogP contribution in [0.2, 0.25) is 0 Å². The van der Waals surface area contributed by atoms with Gasteiger partial charge in [-0.2, -0.15) is 0 Å². The van der Waals surface area contributed by atoms with Gasteiger partial charge in [0, 0.05) is 12.5 Å². The summed E-state index contributed by atoms with van der Waals surface area (Å²) in [6.07, 6.45) is 1.06. The molecule has 0 radical (unpaired) electrons. The Hall–Kier alpha value is -0.900. The Morgan fingerprint density at radius 3 is 2.21 bits per heavy atom. The van der Waals surface area contributed by atoms with Gasteiger partial charge in [0.2, 0.25) is 0 Å². The van der Waals surface area contributed by atoms with Crippen molar-refractivity contribution < 1.29 is 19.8 Å². The van der Waals surface area contributed by atoms with Crippen molar-refractivity contribution in [1.82, 2.24) is 0 Å². The zero-order valence-corrected chi connectivity index (χ0v) is 8.91. The fraction of sp³-hybridized carbons (Fsp3) is 0.800. The molecule has 1 unspecified atom stereocenters.